The van der Waals surface area contributed by atoms with E-state index in [9.17, 15) is 5.11 Å². The molecule has 0 aliphatic carbocycles. The lowest BCUT2D eigenvalue weighted by Gasteiger charge is -2.14. The number of aromatic nitrogens is 1. The number of para-hydroxylation sites is 1. The summed E-state index contributed by atoms with van der Waals surface area (Å²) in [6, 6.07) is 18.3. The zero-order valence-electron chi connectivity index (χ0n) is 12.4. The molecule has 1 N–H and O–H groups in total. The maximum atomic E-state index is 10.5. The van der Waals surface area contributed by atoms with Gasteiger partial charge in [-0.25, -0.2) is 0 Å². The van der Waals surface area contributed by atoms with Gasteiger partial charge in [-0.2, -0.15) is 0 Å². The van der Waals surface area contributed by atoms with E-state index >= 15 is 0 Å². The van der Waals surface area contributed by atoms with Gasteiger partial charge in [-0.05, 0) is 37.1 Å². The molecule has 2 nitrogen and oxygen atoms in total. The molecule has 2 heteroatoms. The third kappa shape index (κ3) is 2.96. The number of fused-ring (bicyclic) bond motifs is 1. The van der Waals surface area contributed by atoms with Gasteiger partial charge in [-0.15, -0.1) is 0 Å². The van der Waals surface area contributed by atoms with Crippen molar-refractivity contribution in [1.29, 1.82) is 0 Å². The fourth-order valence-electron chi connectivity index (χ4n) is 2.65. The van der Waals surface area contributed by atoms with Crippen molar-refractivity contribution >= 4 is 10.9 Å². The van der Waals surface area contributed by atoms with Gasteiger partial charge in [0, 0.05) is 17.5 Å². The van der Waals surface area contributed by atoms with Gasteiger partial charge in [0.05, 0.1) is 11.6 Å². The van der Waals surface area contributed by atoms with Gasteiger partial charge < -0.3 is 5.11 Å². The summed E-state index contributed by atoms with van der Waals surface area (Å²) in [5, 5.41) is 11.6. The summed E-state index contributed by atoms with van der Waals surface area (Å²) in [6.07, 6.45) is 0.0216. The maximum absolute atomic E-state index is 10.5. The highest BCUT2D eigenvalue weighted by molar-refractivity contribution is 5.78. The van der Waals surface area contributed by atoms with Crippen LogP contribution in [0.3, 0.4) is 0 Å². The molecule has 0 saturated carbocycles. The first-order valence-corrected chi connectivity index (χ1v) is 7.23. The monoisotopic (exact) mass is 277 g/mol. The fraction of sp³-hybridized carbons (Fsp3) is 0.211. The van der Waals surface area contributed by atoms with Crippen LogP contribution in [0.5, 0.6) is 0 Å². The van der Waals surface area contributed by atoms with Crippen molar-refractivity contribution in [2.75, 3.05) is 0 Å². The van der Waals surface area contributed by atoms with Gasteiger partial charge in [0.15, 0.2) is 0 Å². The van der Waals surface area contributed by atoms with Gasteiger partial charge in [0.25, 0.3) is 0 Å². The lowest BCUT2D eigenvalue weighted by Crippen LogP contribution is -2.05. The minimum absolute atomic E-state index is 0.515. The SMILES string of the molecule is Cc1ccc(C)c(C(O)Cc2ccc3ccccc3n2)c1. The van der Waals surface area contributed by atoms with Crippen LogP contribution in [-0.2, 0) is 6.42 Å². The topological polar surface area (TPSA) is 33.1 Å². The zero-order valence-corrected chi connectivity index (χ0v) is 12.4. The Morgan fingerprint density at radius 2 is 1.81 bits per heavy atom. The molecule has 21 heavy (non-hydrogen) atoms. The van der Waals surface area contributed by atoms with Gasteiger partial charge in [-0.3, -0.25) is 4.98 Å². The number of aryl methyl sites for hydroxylation is 2. The fourth-order valence-corrected chi connectivity index (χ4v) is 2.65. The number of rotatable bonds is 3. The first kappa shape index (κ1) is 13.8. The molecule has 1 aromatic heterocycles. The molecule has 0 bridgehead atoms. The molecular formula is C19H19NO. The van der Waals surface area contributed by atoms with Crippen LogP contribution in [0, 0.1) is 13.8 Å². The average molecular weight is 277 g/mol. The van der Waals surface area contributed by atoms with Crippen LogP contribution in [0.4, 0.5) is 0 Å². The molecule has 0 radical (unpaired) electrons. The van der Waals surface area contributed by atoms with E-state index in [-0.39, 0.29) is 0 Å². The summed E-state index contributed by atoms with van der Waals surface area (Å²) in [7, 11) is 0. The van der Waals surface area contributed by atoms with Crippen LogP contribution >= 0.6 is 0 Å². The summed E-state index contributed by atoms with van der Waals surface area (Å²) in [4.78, 5) is 4.63. The molecular weight excluding hydrogens is 258 g/mol. The molecule has 3 aromatic rings. The number of pyridine rings is 1. The Labute approximate surface area is 125 Å². The predicted molar refractivity (Wildman–Crippen MR) is 86.3 cm³/mol. The number of hydrogen-bond donors (Lipinski definition) is 1. The van der Waals surface area contributed by atoms with Crippen LogP contribution in [-0.4, -0.2) is 10.1 Å². The Morgan fingerprint density at radius 1 is 1.00 bits per heavy atom. The highest BCUT2D eigenvalue weighted by Gasteiger charge is 2.12. The van der Waals surface area contributed by atoms with Gasteiger partial charge in [-0.1, -0.05) is 48.0 Å². The molecule has 0 aliphatic heterocycles. The van der Waals surface area contributed by atoms with Crippen molar-refractivity contribution in [3.05, 3.63) is 77.0 Å². The Morgan fingerprint density at radius 3 is 2.67 bits per heavy atom. The molecule has 0 spiro atoms. The first-order chi connectivity index (χ1) is 10.1. The van der Waals surface area contributed by atoms with Crippen molar-refractivity contribution < 1.29 is 5.11 Å². The summed E-state index contributed by atoms with van der Waals surface area (Å²) < 4.78 is 0. The molecule has 1 atom stereocenters. The highest BCUT2D eigenvalue weighted by atomic mass is 16.3. The van der Waals surface area contributed by atoms with Crippen LogP contribution in [0.25, 0.3) is 10.9 Å². The second kappa shape index (κ2) is 5.66. The number of aliphatic hydroxyl groups is 1. The van der Waals surface area contributed by atoms with E-state index in [0.717, 1.165) is 27.7 Å². The van der Waals surface area contributed by atoms with Gasteiger partial charge >= 0.3 is 0 Å². The van der Waals surface area contributed by atoms with Crippen molar-refractivity contribution in [2.45, 2.75) is 26.4 Å². The van der Waals surface area contributed by atoms with Crippen LogP contribution in [0.1, 0.15) is 28.5 Å². The summed E-state index contributed by atoms with van der Waals surface area (Å²) >= 11 is 0. The molecule has 2 aromatic carbocycles. The molecule has 0 aliphatic rings. The van der Waals surface area contributed by atoms with Crippen LogP contribution in [0.15, 0.2) is 54.6 Å². The minimum atomic E-state index is -0.515. The minimum Gasteiger partial charge on any atom is -0.388 e. The van der Waals surface area contributed by atoms with Crippen molar-refractivity contribution in [3.63, 3.8) is 0 Å². The lowest BCUT2D eigenvalue weighted by molar-refractivity contribution is 0.176. The molecule has 106 valence electrons. The van der Waals surface area contributed by atoms with E-state index in [4.69, 9.17) is 0 Å². The normalized spacial score (nSPS) is 12.5. The number of hydrogen-bond acceptors (Lipinski definition) is 2. The summed E-state index contributed by atoms with van der Waals surface area (Å²) in [5.41, 5.74) is 5.17. The zero-order chi connectivity index (χ0) is 14.8. The van der Waals surface area contributed by atoms with Crippen molar-refractivity contribution in [3.8, 4) is 0 Å². The number of aliphatic hydroxyl groups excluding tert-OH is 1. The smallest absolute Gasteiger partial charge is 0.0848 e. The van der Waals surface area contributed by atoms with Crippen LogP contribution in [0.2, 0.25) is 0 Å². The Bertz CT molecular complexity index is 779. The Hall–Kier alpha value is -2.19. The van der Waals surface area contributed by atoms with Gasteiger partial charge in [0.1, 0.15) is 0 Å². The third-order valence-corrected chi connectivity index (χ3v) is 3.85. The Balaban J connectivity index is 1.88. The number of benzene rings is 2. The highest BCUT2D eigenvalue weighted by Crippen LogP contribution is 2.23. The van der Waals surface area contributed by atoms with E-state index in [1.54, 1.807) is 0 Å². The molecule has 0 fully saturated rings. The standard InChI is InChI=1S/C19H19NO/c1-13-7-8-14(2)17(11-13)19(21)12-16-10-9-15-5-3-4-6-18(15)20-16/h3-11,19,21H,12H2,1-2H3. The van der Waals surface area contributed by atoms with E-state index in [1.165, 1.54) is 5.56 Å². The van der Waals surface area contributed by atoms with E-state index in [1.807, 2.05) is 44.2 Å². The molecule has 0 amide bonds. The van der Waals surface area contributed by atoms with E-state index < -0.39 is 6.10 Å². The van der Waals surface area contributed by atoms with Crippen molar-refractivity contribution in [1.82, 2.24) is 4.98 Å². The second-order valence-corrected chi connectivity index (χ2v) is 5.58. The predicted octanol–water partition coefficient (Wildman–Crippen LogP) is 4.13. The van der Waals surface area contributed by atoms with E-state index in [2.05, 4.69) is 29.2 Å². The third-order valence-electron chi connectivity index (χ3n) is 3.85. The van der Waals surface area contributed by atoms with E-state index in [0.29, 0.717) is 6.42 Å². The number of nitrogens with zero attached hydrogens (tertiary/aromatic N) is 1. The average Bonchev–Trinajstić information content (AvgIpc) is 2.49. The largest absolute Gasteiger partial charge is 0.388 e. The first-order valence-electron chi connectivity index (χ1n) is 7.23. The second-order valence-electron chi connectivity index (χ2n) is 5.58. The van der Waals surface area contributed by atoms with Crippen molar-refractivity contribution in [2.24, 2.45) is 0 Å². The summed E-state index contributed by atoms with van der Waals surface area (Å²) in [5.74, 6) is 0. The lowest BCUT2D eigenvalue weighted by atomic mass is 9.97. The molecule has 0 saturated heterocycles. The molecule has 1 heterocycles. The molecule has 1 unspecified atom stereocenters. The van der Waals surface area contributed by atoms with Crippen LogP contribution < -0.4 is 0 Å². The Kier molecular flexibility index (Phi) is 3.72. The quantitative estimate of drug-likeness (QED) is 0.781. The molecule has 3 rings (SSSR count). The maximum Gasteiger partial charge on any atom is 0.0848 e. The van der Waals surface area contributed by atoms with Gasteiger partial charge in [0.2, 0.25) is 0 Å². The summed E-state index contributed by atoms with van der Waals surface area (Å²) in [6.45, 7) is 4.08.